The van der Waals surface area contributed by atoms with Crippen molar-refractivity contribution in [2.45, 2.75) is 19.3 Å². The molecule has 0 fully saturated rings. The van der Waals surface area contributed by atoms with Crippen LogP contribution in [0.4, 0.5) is 5.69 Å². The first-order valence-corrected chi connectivity index (χ1v) is 9.21. The Hall–Kier alpha value is -2.90. The number of hydrogen-bond acceptors (Lipinski definition) is 5. The lowest BCUT2D eigenvalue weighted by Gasteiger charge is -2.11. The number of fused-ring (bicyclic) bond motifs is 1. The van der Waals surface area contributed by atoms with Crippen molar-refractivity contribution in [3.05, 3.63) is 52.8 Å². The van der Waals surface area contributed by atoms with Crippen LogP contribution in [0.15, 0.2) is 47.3 Å². The number of carbonyl (C=O) groups is 1. The third kappa shape index (κ3) is 5.56. The van der Waals surface area contributed by atoms with Crippen molar-refractivity contribution in [3.63, 3.8) is 0 Å². The van der Waals surface area contributed by atoms with Gasteiger partial charge in [-0.15, -0.1) is 12.4 Å². The fourth-order valence-corrected chi connectivity index (χ4v) is 3.04. The van der Waals surface area contributed by atoms with E-state index in [9.17, 15) is 14.7 Å². The highest BCUT2D eigenvalue weighted by atomic mass is 35.5. The summed E-state index contributed by atoms with van der Waals surface area (Å²) < 4.78 is 0. The number of aromatic nitrogens is 2. The molecule has 8 heteroatoms. The van der Waals surface area contributed by atoms with Crippen molar-refractivity contribution in [2.75, 3.05) is 26.0 Å². The molecule has 0 radical (unpaired) electrons. The van der Waals surface area contributed by atoms with E-state index in [4.69, 9.17) is 0 Å². The van der Waals surface area contributed by atoms with Crippen LogP contribution in [0, 0.1) is 0 Å². The summed E-state index contributed by atoms with van der Waals surface area (Å²) in [4.78, 5) is 26.3. The molecule has 3 N–H and O–H groups in total. The highest BCUT2D eigenvalue weighted by molar-refractivity contribution is 5.96. The van der Waals surface area contributed by atoms with E-state index in [0.29, 0.717) is 34.1 Å². The largest absolute Gasteiger partial charge is 0.506 e. The number of halogens is 1. The summed E-state index contributed by atoms with van der Waals surface area (Å²) in [7, 11) is 4.00. The number of aromatic hydroxyl groups is 1. The average Bonchev–Trinajstić information content (AvgIpc) is 2.68. The lowest BCUT2D eigenvalue weighted by atomic mass is 10.0. The Bertz CT molecular complexity index is 1050. The van der Waals surface area contributed by atoms with Gasteiger partial charge in [0, 0.05) is 17.4 Å². The van der Waals surface area contributed by atoms with E-state index < -0.39 is 0 Å². The van der Waals surface area contributed by atoms with Crippen LogP contribution in [0.5, 0.6) is 5.75 Å². The minimum absolute atomic E-state index is 0. The zero-order chi connectivity index (χ0) is 20.1. The van der Waals surface area contributed by atoms with Crippen molar-refractivity contribution in [1.82, 2.24) is 15.1 Å². The van der Waals surface area contributed by atoms with E-state index in [1.54, 1.807) is 24.3 Å². The lowest BCUT2D eigenvalue weighted by Crippen LogP contribution is -2.15. The molecular formula is C21H25ClN4O3. The van der Waals surface area contributed by atoms with Gasteiger partial charge < -0.3 is 15.3 Å². The molecule has 0 aliphatic heterocycles. The number of aromatic amines is 1. The lowest BCUT2D eigenvalue weighted by molar-refractivity contribution is -0.116. The summed E-state index contributed by atoms with van der Waals surface area (Å²) in [5, 5.41) is 20.8. The summed E-state index contributed by atoms with van der Waals surface area (Å²) >= 11 is 0. The normalized spacial score (nSPS) is 10.7. The summed E-state index contributed by atoms with van der Waals surface area (Å²) in [5.41, 5.74) is 1.33. The Labute approximate surface area is 175 Å². The van der Waals surface area contributed by atoms with Crippen LogP contribution in [0.25, 0.3) is 22.0 Å². The number of H-pyrrole nitrogens is 1. The van der Waals surface area contributed by atoms with Gasteiger partial charge in [0.15, 0.2) is 0 Å². The van der Waals surface area contributed by atoms with E-state index >= 15 is 0 Å². The second kappa shape index (κ2) is 10.0. The summed E-state index contributed by atoms with van der Waals surface area (Å²) in [6.45, 7) is 0.930. The first kappa shape index (κ1) is 22.4. The number of phenolic OH excluding ortho intramolecular Hbond substituents is 1. The molecule has 0 unspecified atom stereocenters. The molecule has 1 heterocycles. The topological polar surface area (TPSA) is 98.3 Å². The van der Waals surface area contributed by atoms with E-state index in [1.165, 1.54) is 6.07 Å². The summed E-state index contributed by atoms with van der Waals surface area (Å²) in [5.74, 6) is -0.162. The second-order valence-electron chi connectivity index (χ2n) is 6.99. The van der Waals surface area contributed by atoms with Gasteiger partial charge in [-0.3, -0.25) is 9.59 Å². The van der Waals surface area contributed by atoms with Gasteiger partial charge in [-0.2, -0.15) is 5.10 Å². The van der Waals surface area contributed by atoms with Gasteiger partial charge in [0.1, 0.15) is 5.75 Å². The third-order valence-corrected chi connectivity index (χ3v) is 4.50. The highest BCUT2D eigenvalue weighted by Crippen LogP contribution is 2.31. The molecule has 1 amide bonds. The van der Waals surface area contributed by atoms with Gasteiger partial charge in [-0.05, 0) is 57.7 Å². The van der Waals surface area contributed by atoms with Crippen molar-refractivity contribution < 1.29 is 9.90 Å². The quantitative estimate of drug-likeness (QED) is 0.405. The van der Waals surface area contributed by atoms with Gasteiger partial charge in [0.2, 0.25) is 5.91 Å². The van der Waals surface area contributed by atoms with Crippen molar-refractivity contribution in [1.29, 1.82) is 0 Å². The Morgan fingerprint density at radius 1 is 1.14 bits per heavy atom. The number of amides is 1. The zero-order valence-electron chi connectivity index (χ0n) is 16.4. The number of hydrogen-bond donors (Lipinski definition) is 3. The Morgan fingerprint density at radius 2 is 1.86 bits per heavy atom. The summed E-state index contributed by atoms with van der Waals surface area (Å²) in [6, 6.07) is 12.1. The van der Waals surface area contributed by atoms with Crippen LogP contribution in [0.2, 0.25) is 0 Å². The smallest absolute Gasteiger partial charge is 0.272 e. The number of nitrogens with one attached hydrogen (secondary N) is 2. The minimum Gasteiger partial charge on any atom is -0.506 e. The molecule has 0 aliphatic carbocycles. The highest BCUT2D eigenvalue weighted by Gasteiger charge is 2.12. The zero-order valence-corrected chi connectivity index (χ0v) is 17.3. The third-order valence-electron chi connectivity index (χ3n) is 4.50. The number of carbonyl (C=O) groups excluding carboxylic acids is 1. The molecule has 3 aromatic rings. The van der Waals surface area contributed by atoms with E-state index in [-0.39, 0.29) is 29.6 Å². The van der Waals surface area contributed by atoms with Crippen LogP contribution in [-0.2, 0) is 4.79 Å². The predicted octanol–water partition coefficient (Wildman–Crippen LogP) is 3.39. The van der Waals surface area contributed by atoms with Gasteiger partial charge >= 0.3 is 0 Å². The first-order valence-electron chi connectivity index (χ1n) is 9.21. The summed E-state index contributed by atoms with van der Waals surface area (Å²) in [6.07, 6.45) is 2.09. The van der Waals surface area contributed by atoms with Gasteiger partial charge in [-0.1, -0.05) is 18.2 Å². The van der Waals surface area contributed by atoms with Gasteiger partial charge in [0.25, 0.3) is 5.56 Å². The molecule has 2 aromatic carbocycles. The molecule has 0 saturated carbocycles. The van der Waals surface area contributed by atoms with E-state index in [2.05, 4.69) is 20.4 Å². The molecule has 1 aromatic heterocycles. The Balaban J connectivity index is 0.00000300. The molecule has 29 heavy (non-hydrogen) atoms. The van der Waals surface area contributed by atoms with Crippen LogP contribution >= 0.6 is 12.4 Å². The number of benzene rings is 2. The number of nitrogens with zero attached hydrogens (tertiary/aromatic N) is 2. The Kier molecular flexibility index (Phi) is 7.75. The molecule has 3 rings (SSSR count). The monoisotopic (exact) mass is 416 g/mol. The maximum Gasteiger partial charge on any atom is 0.272 e. The van der Waals surface area contributed by atoms with Crippen LogP contribution < -0.4 is 10.9 Å². The molecule has 154 valence electrons. The molecular weight excluding hydrogens is 392 g/mol. The minimum atomic E-state index is -0.260. The van der Waals surface area contributed by atoms with Crippen molar-refractivity contribution >= 4 is 34.8 Å². The molecule has 0 spiro atoms. The fraction of sp³-hybridized carbons (Fsp3) is 0.286. The predicted molar refractivity (Wildman–Crippen MR) is 118 cm³/mol. The number of phenols is 1. The molecule has 0 atom stereocenters. The van der Waals surface area contributed by atoms with E-state index in [1.807, 2.05) is 26.2 Å². The molecule has 0 aliphatic rings. The van der Waals surface area contributed by atoms with Crippen molar-refractivity contribution in [3.8, 4) is 17.0 Å². The number of anilines is 1. The SMILES string of the molecule is CN(C)CCCCC(=O)Nc1cc(-c2n[nH]c(=O)c3ccccc23)ccc1O.Cl. The first-order chi connectivity index (χ1) is 13.5. The number of unbranched alkanes of at least 4 members (excludes halogenated alkanes) is 1. The Morgan fingerprint density at radius 3 is 2.59 bits per heavy atom. The van der Waals surface area contributed by atoms with Gasteiger partial charge in [0.05, 0.1) is 16.8 Å². The standard InChI is InChI=1S/C21H24N4O3.ClH/c1-25(2)12-6-5-9-19(27)22-17-13-14(10-11-18(17)26)20-15-7-3-4-8-16(15)21(28)24-23-20;/h3-4,7-8,10-11,13,26H,5-6,9,12H2,1-2H3,(H,22,27)(H,24,28);1H. The molecule has 0 bridgehead atoms. The molecule has 7 nitrogen and oxygen atoms in total. The van der Waals surface area contributed by atoms with Crippen LogP contribution in [0.3, 0.4) is 0 Å². The van der Waals surface area contributed by atoms with Crippen molar-refractivity contribution in [2.24, 2.45) is 0 Å². The van der Waals surface area contributed by atoms with Crippen LogP contribution in [-0.4, -0.2) is 46.8 Å². The molecule has 0 saturated heterocycles. The van der Waals surface area contributed by atoms with Crippen LogP contribution in [0.1, 0.15) is 19.3 Å². The fourth-order valence-electron chi connectivity index (χ4n) is 3.04. The maximum absolute atomic E-state index is 12.2. The van der Waals surface area contributed by atoms with Gasteiger partial charge in [-0.25, -0.2) is 5.10 Å². The average molecular weight is 417 g/mol. The number of rotatable bonds is 7. The maximum atomic E-state index is 12.2. The second-order valence-corrected chi connectivity index (χ2v) is 6.99. The van der Waals surface area contributed by atoms with E-state index in [0.717, 1.165) is 19.4 Å².